The molecule has 0 atom stereocenters. The van der Waals surface area contributed by atoms with E-state index in [1.165, 1.54) is 11.8 Å². The summed E-state index contributed by atoms with van der Waals surface area (Å²) in [5, 5.41) is 10.1. The first-order valence-corrected chi connectivity index (χ1v) is 11.8. The smallest absolute Gasteiger partial charge is 0.233 e. The van der Waals surface area contributed by atoms with Gasteiger partial charge in [0.25, 0.3) is 0 Å². The van der Waals surface area contributed by atoms with Gasteiger partial charge in [0.05, 0.1) is 5.75 Å². The van der Waals surface area contributed by atoms with Crippen molar-refractivity contribution in [3.63, 3.8) is 0 Å². The topological polar surface area (TPSA) is 94.1 Å². The maximum atomic E-state index is 12.8. The van der Waals surface area contributed by atoms with Crippen molar-refractivity contribution in [2.75, 3.05) is 18.8 Å². The van der Waals surface area contributed by atoms with Crippen molar-refractivity contribution in [2.45, 2.75) is 24.9 Å². The third-order valence-electron chi connectivity index (χ3n) is 5.57. The highest BCUT2D eigenvalue weighted by Gasteiger charge is 2.26. The minimum atomic E-state index is -0.285. The number of likely N-dealkylation sites (tertiary alicyclic amines) is 1. The fourth-order valence-corrected chi connectivity index (χ4v) is 4.76. The van der Waals surface area contributed by atoms with Crippen molar-refractivity contribution in [3.05, 3.63) is 59.1 Å². The fraction of sp³-hybridized carbons (Fsp3) is 0.304. The summed E-state index contributed by atoms with van der Waals surface area (Å²) in [5.41, 5.74) is 8.32. The Hall–Kier alpha value is -2.84. The summed E-state index contributed by atoms with van der Waals surface area (Å²) < 4.78 is 1.97. The standard InChI is InChI=1S/C23H24ClN5O2S/c1-15-3-2-4-19(13-15)29-22(17-5-7-18(24)8-6-17)26-27-23(29)32-14-20(30)28-11-9-16(10-12-28)21(25)31/h2-8,13,16H,9-12,14H2,1H3,(H2,25,31). The fourth-order valence-electron chi connectivity index (χ4n) is 3.78. The Morgan fingerprint density at radius 2 is 1.84 bits per heavy atom. The number of nitrogens with two attached hydrogens (primary N) is 1. The van der Waals surface area contributed by atoms with Crippen LogP contribution in [0.2, 0.25) is 5.02 Å². The van der Waals surface area contributed by atoms with Crippen LogP contribution >= 0.6 is 23.4 Å². The van der Waals surface area contributed by atoms with E-state index in [0.29, 0.717) is 41.9 Å². The van der Waals surface area contributed by atoms with Gasteiger partial charge in [-0.3, -0.25) is 14.2 Å². The molecule has 0 bridgehead atoms. The molecule has 2 amide bonds. The van der Waals surface area contributed by atoms with Gasteiger partial charge < -0.3 is 10.6 Å². The second-order valence-corrected chi connectivity index (χ2v) is 9.21. The zero-order valence-corrected chi connectivity index (χ0v) is 19.3. The van der Waals surface area contributed by atoms with Gasteiger partial charge in [-0.1, -0.05) is 35.5 Å². The highest BCUT2D eigenvalue weighted by molar-refractivity contribution is 7.99. The summed E-state index contributed by atoms with van der Waals surface area (Å²) in [4.78, 5) is 25.9. The molecule has 32 heavy (non-hydrogen) atoms. The van der Waals surface area contributed by atoms with E-state index in [2.05, 4.69) is 16.3 Å². The third-order valence-corrected chi connectivity index (χ3v) is 6.74. The average molecular weight is 470 g/mol. The van der Waals surface area contributed by atoms with Crippen LogP contribution in [-0.4, -0.2) is 50.3 Å². The molecule has 2 heterocycles. The Balaban J connectivity index is 1.55. The number of carbonyl (C=O) groups is 2. The Labute approximate surface area is 196 Å². The molecule has 0 saturated carbocycles. The number of hydrogen-bond acceptors (Lipinski definition) is 5. The van der Waals surface area contributed by atoms with Crippen molar-refractivity contribution in [2.24, 2.45) is 11.7 Å². The molecule has 2 N–H and O–H groups in total. The first kappa shape index (κ1) is 22.4. The van der Waals surface area contributed by atoms with Crippen LogP contribution in [0.3, 0.4) is 0 Å². The number of carbonyl (C=O) groups excluding carboxylic acids is 2. The highest BCUT2D eigenvalue weighted by atomic mass is 35.5. The van der Waals surface area contributed by atoms with Gasteiger partial charge in [-0.25, -0.2) is 0 Å². The number of aryl methyl sites for hydroxylation is 1. The van der Waals surface area contributed by atoms with Crippen LogP contribution in [0.5, 0.6) is 0 Å². The minimum absolute atomic E-state index is 0.0183. The van der Waals surface area contributed by atoms with Crippen molar-refractivity contribution in [1.82, 2.24) is 19.7 Å². The van der Waals surface area contributed by atoms with Gasteiger partial charge in [-0.05, 0) is 61.7 Å². The lowest BCUT2D eigenvalue weighted by Crippen LogP contribution is -2.42. The number of thioether (sulfide) groups is 1. The summed E-state index contributed by atoms with van der Waals surface area (Å²) in [6.07, 6.45) is 1.23. The summed E-state index contributed by atoms with van der Waals surface area (Å²) in [5.74, 6) is 0.519. The van der Waals surface area contributed by atoms with Gasteiger partial charge >= 0.3 is 0 Å². The summed E-state index contributed by atoms with van der Waals surface area (Å²) in [6, 6.07) is 15.5. The van der Waals surface area contributed by atoms with Crippen LogP contribution in [-0.2, 0) is 9.59 Å². The molecule has 0 aliphatic carbocycles. The van der Waals surface area contributed by atoms with Gasteiger partial charge in [-0.15, -0.1) is 10.2 Å². The lowest BCUT2D eigenvalue weighted by molar-refractivity contribution is -0.132. The number of rotatable bonds is 6. The van der Waals surface area contributed by atoms with E-state index < -0.39 is 0 Å². The molecular formula is C23H24ClN5O2S. The summed E-state index contributed by atoms with van der Waals surface area (Å²) in [7, 11) is 0. The van der Waals surface area contributed by atoms with Crippen molar-refractivity contribution < 1.29 is 9.59 Å². The number of aromatic nitrogens is 3. The molecule has 1 aliphatic rings. The minimum Gasteiger partial charge on any atom is -0.369 e. The number of halogens is 1. The van der Waals surface area contributed by atoms with Gasteiger partial charge in [0, 0.05) is 35.3 Å². The van der Waals surface area contributed by atoms with E-state index in [1.807, 2.05) is 54.0 Å². The lowest BCUT2D eigenvalue weighted by atomic mass is 9.96. The van der Waals surface area contributed by atoms with Crippen LogP contribution in [0.1, 0.15) is 18.4 Å². The van der Waals surface area contributed by atoms with E-state index in [9.17, 15) is 9.59 Å². The molecule has 1 aromatic heterocycles. The molecule has 0 spiro atoms. The Kier molecular flexibility index (Phi) is 6.81. The van der Waals surface area contributed by atoms with E-state index in [0.717, 1.165) is 16.8 Å². The predicted molar refractivity (Wildman–Crippen MR) is 126 cm³/mol. The Morgan fingerprint density at radius 3 is 2.50 bits per heavy atom. The zero-order chi connectivity index (χ0) is 22.7. The maximum absolute atomic E-state index is 12.8. The largest absolute Gasteiger partial charge is 0.369 e. The van der Waals surface area contributed by atoms with E-state index in [4.69, 9.17) is 17.3 Å². The van der Waals surface area contributed by atoms with Gasteiger partial charge in [-0.2, -0.15) is 0 Å². The van der Waals surface area contributed by atoms with E-state index in [-0.39, 0.29) is 23.5 Å². The zero-order valence-electron chi connectivity index (χ0n) is 17.7. The molecule has 9 heteroatoms. The second-order valence-electron chi connectivity index (χ2n) is 7.83. The number of hydrogen-bond donors (Lipinski definition) is 1. The molecular weight excluding hydrogens is 446 g/mol. The van der Waals surface area contributed by atoms with Crippen LogP contribution in [0.15, 0.2) is 53.7 Å². The quantitative estimate of drug-likeness (QED) is 0.555. The van der Waals surface area contributed by atoms with Crippen molar-refractivity contribution in [1.29, 1.82) is 0 Å². The molecule has 1 saturated heterocycles. The number of nitrogens with zero attached hydrogens (tertiary/aromatic N) is 4. The van der Waals surface area contributed by atoms with E-state index >= 15 is 0 Å². The summed E-state index contributed by atoms with van der Waals surface area (Å²) >= 11 is 7.41. The number of piperidine rings is 1. The first-order valence-electron chi connectivity index (χ1n) is 10.4. The Bertz CT molecular complexity index is 1120. The molecule has 0 unspecified atom stereocenters. The van der Waals surface area contributed by atoms with Crippen LogP contribution < -0.4 is 5.73 Å². The van der Waals surface area contributed by atoms with Crippen LogP contribution in [0.4, 0.5) is 0 Å². The Morgan fingerprint density at radius 1 is 1.12 bits per heavy atom. The predicted octanol–water partition coefficient (Wildman–Crippen LogP) is 3.71. The number of amides is 2. The van der Waals surface area contributed by atoms with Gasteiger partial charge in [0.15, 0.2) is 11.0 Å². The normalized spacial score (nSPS) is 14.5. The van der Waals surface area contributed by atoms with Crippen molar-refractivity contribution >= 4 is 35.2 Å². The highest BCUT2D eigenvalue weighted by Crippen LogP contribution is 2.29. The molecule has 1 fully saturated rings. The molecule has 2 aromatic carbocycles. The molecule has 3 aromatic rings. The molecule has 4 rings (SSSR count). The maximum Gasteiger partial charge on any atom is 0.233 e. The molecule has 166 valence electrons. The average Bonchev–Trinajstić information content (AvgIpc) is 3.22. The molecule has 0 radical (unpaired) electrons. The number of primary amides is 1. The van der Waals surface area contributed by atoms with Gasteiger partial charge in [0.1, 0.15) is 0 Å². The first-order chi connectivity index (χ1) is 15.4. The third kappa shape index (κ3) is 4.97. The number of benzene rings is 2. The lowest BCUT2D eigenvalue weighted by Gasteiger charge is -2.30. The van der Waals surface area contributed by atoms with Crippen LogP contribution in [0, 0.1) is 12.8 Å². The molecule has 1 aliphatic heterocycles. The molecule has 7 nitrogen and oxygen atoms in total. The summed E-state index contributed by atoms with van der Waals surface area (Å²) in [6.45, 7) is 3.13. The van der Waals surface area contributed by atoms with E-state index in [1.54, 1.807) is 4.90 Å². The van der Waals surface area contributed by atoms with Crippen LogP contribution in [0.25, 0.3) is 17.1 Å². The van der Waals surface area contributed by atoms with Gasteiger partial charge in [0.2, 0.25) is 11.8 Å². The second kappa shape index (κ2) is 9.75. The SMILES string of the molecule is Cc1cccc(-n2c(SCC(=O)N3CCC(C(N)=O)CC3)nnc2-c2ccc(Cl)cc2)c1. The monoisotopic (exact) mass is 469 g/mol. The van der Waals surface area contributed by atoms with Crippen molar-refractivity contribution in [3.8, 4) is 17.1 Å².